The molecule has 88 valence electrons. The Morgan fingerprint density at radius 2 is 2.25 bits per heavy atom. The van der Waals surface area contributed by atoms with Crippen molar-refractivity contribution < 1.29 is 9.13 Å². The molecule has 1 saturated heterocycles. The minimum Gasteiger partial charge on any atom is -0.489 e. The summed E-state index contributed by atoms with van der Waals surface area (Å²) in [6.45, 7) is 1.82. The second kappa shape index (κ2) is 4.70. The molecule has 0 aromatic heterocycles. The van der Waals surface area contributed by atoms with E-state index in [0.717, 1.165) is 19.5 Å². The standard InChI is InChI=1S/C12H17FN2O/c1-15(2)12-4-3-9(7-11(12)13)16-10-5-6-14-8-10/h3-4,7,10,14H,5-6,8H2,1-2H3. The molecule has 1 heterocycles. The number of ether oxygens (including phenoxy) is 1. The van der Waals surface area contributed by atoms with Gasteiger partial charge in [-0.3, -0.25) is 0 Å². The van der Waals surface area contributed by atoms with Crippen LogP contribution >= 0.6 is 0 Å². The maximum absolute atomic E-state index is 13.6. The number of anilines is 1. The molecule has 1 N–H and O–H groups in total. The van der Waals surface area contributed by atoms with Crippen molar-refractivity contribution in [1.29, 1.82) is 0 Å². The first-order chi connectivity index (χ1) is 7.66. The lowest BCUT2D eigenvalue weighted by Crippen LogP contribution is -2.19. The Morgan fingerprint density at radius 3 is 2.81 bits per heavy atom. The number of nitrogens with one attached hydrogen (secondary N) is 1. The van der Waals surface area contributed by atoms with Crippen molar-refractivity contribution in [2.75, 3.05) is 32.1 Å². The predicted molar refractivity (Wildman–Crippen MR) is 62.6 cm³/mol. The van der Waals surface area contributed by atoms with E-state index in [1.807, 2.05) is 20.2 Å². The van der Waals surface area contributed by atoms with Gasteiger partial charge in [-0.2, -0.15) is 0 Å². The third kappa shape index (κ3) is 2.44. The summed E-state index contributed by atoms with van der Waals surface area (Å²) in [4.78, 5) is 1.75. The smallest absolute Gasteiger partial charge is 0.150 e. The summed E-state index contributed by atoms with van der Waals surface area (Å²) in [5.74, 6) is 0.366. The molecule has 0 aliphatic carbocycles. The highest BCUT2D eigenvalue weighted by Gasteiger charge is 2.16. The predicted octanol–water partition coefficient (Wildman–Crippen LogP) is 1.63. The Labute approximate surface area is 95.2 Å². The molecule has 1 unspecified atom stereocenters. The molecule has 1 aromatic carbocycles. The van der Waals surface area contributed by atoms with Crippen LogP contribution in [0.2, 0.25) is 0 Å². The van der Waals surface area contributed by atoms with Crippen LogP contribution in [0.1, 0.15) is 6.42 Å². The molecule has 1 atom stereocenters. The number of hydrogen-bond donors (Lipinski definition) is 1. The number of hydrogen-bond acceptors (Lipinski definition) is 3. The summed E-state index contributed by atoms with van der Waals surface area (Å²) in [5, 5.41) is 3.21. The third-order valence-electron chi connectivity index (χ3n) is 2.72. The fourth-order valence-electron chi connectivity index (χ4n) is 1.84. The van der Waals surface area contributed by atoms with Gasteiger partial charge in [0.15, 0.2) is 0 Å². The van der Waals surface area contributed by atoms with Gasteiger partial charge in [-0.25, -0.2) is 4.39 Å². The SMILES string of the molecule is CN(C)c1ccc(OC2CCNC2)cc1F. The largest absolute Gasteiger partial charge is 0.489 e. The van der Waals surface area contributed by atoms with Crippen molar-refractivity contribution in [2.45, 2.75) is 12.5 Å². The summed E-state index contributed by atoms with van der Waals surface area (Å²) < 4.78 is 19.3. The summed E-state index contributed by atoms with van der Waals surface area (Å²) in [7, 11) is 3.64. The van der Waals surface area contributed by atoms with Gasteiger partial charge in [0.05, 0.1) is 5.69 Å². The fraction of sp³-hybridized carbons (Fsp3) is 0.500. The van der Waals surface area contributed by atoms with Crippen molar-refractivity contribution in [3.05, 3.63) is 24.0 Å². The van der Waals surface area contributed by atoms with Crippen molar-refractivity contribution in [2.24, 2.45) is 0 Å². The van der Waals surface area contributed by atoms with Crippen molar-refractivity contribution in [3.63, 3.8) is 0 Å². The van der Waals surface area contributed by atoms with Crippen LogP contribution < -0.4 is 15.0 Å². The normalized spacial score (nSPS) is 19.8. The lowest BCUT2D eigenvalue weighted by atomic mass is 10.2. The van der Waals surface area contributed by atoms with Crippen LogP contribution in [-0.2, 0) is 0 Å². The van der Waals surface area contributed by atoms with Crippen molar-refractivity contribution >= 4 is 5.69 Å². The lowest BCUT2D eigenvalue weighted by Gasteiger charge is -2.16. The summed E-state index contributed by atoms with van der Waals surface area (Å²) in [5.41, 5.74) is 0.580. The quantitative estimate of drug-likeness (QED) is 0.844. The zero-order chi connectivity index (χ0) is 11.5. The molecule has 4 heteroatoms. The minimum atomic E-state index is -0.242. The lowest BCUT2D eigenvalue weighted by molar-refractivity contribution is 0.222. The van der Waals surface area contributed by atoms with Crippen LogP contribution in [0, 0.1) is 5.82 Å². The molecular formula is C12H17FN2O. The molecule has 1 fully saturated rings. The zero-order valence-electron chi connectivity index (χ0n) is 9.66. The summed E-state index contributed by atoms with van der Waals surface area (Å²) >= 11 is 0. The molecule has 1 aliphatic rings. The van der Waals surface area contributed by atoms with E-state index >= 15 is 0 Å². The van der Waals surface area contributed by atoms with Gasteiger partial charge in [-0.05, 0) is 25.1 Å². The molecule has 3 nitrogen and oxygen atoms in total. The Hall–Kier alpha value is -1.29. The highest BCUT2D eigenvalue weighted by molar-refractivity contribution is 5.49. The number of halogens is 1. The maximum Gasteiger partial charge on any atom is 0.150 e. The Bertz CT molecular complexity index is 362. The monoisotopic (exact) mass is 224 g/mol. The average molecular weight is 224 g/mol. The Balaban J connectivity index is 2.08. The van der Waals surface area contributed by atoms with Crippen LogP contribution in [0.15, 0.2) is 18.2 Å². The molecule has 0 saturated carbocycles. The van der Waals surface area contributed by atoms with Gasteiger partial charge in [0.25, 0.3) is 0 Å². The summed E-state index contributed by atoms with van der Waals surface area (Å²) in [6.07, 6.45) is 1.15. The van der Waals surface area contributed by atoms with E-state index in [-0.39, 0.29) is 11.9 Å². The van der Waals surface area contributed by atoms with E-state index in [0.29, 0.717) is 11.4 Å². The van der Waals surface area contributed by atoms with E-state index in [1.54, 1.807) is 11.0 Å². The van der Waals surface area contributed by atoms with E-state index < -0.39 is 0 Å². The van der Waals surface area contributed by atoms with Gasteiger partial charge in [0.2, 0.25) is 0 Å². The first-order valence-corrected chi connectivity index (χ1v) is 5.51. The number of nitrogens with zero attached hydrogens (tertiary/aromatic N) is 1. The number of benzene rings is 1. The highest BCUT2D eigenvalue weighted by atomic mass is 19.1. The first kappa shape index (κ1) is 11.2. The molecule has 0 spiro atoms. The molecule has 1 aromatic rings. The Kier molecular flexibility index (Phi) is 3.29. The number of rotatable bonds is 3. The average Bonchev–Trinajstić information content (AvgIpc) is 2.70. The fourth-order valence-corrected chi connectivity index (χ4v) is 1.84. The second-order valence-electron chi connectivity index (χ2n) is 4.24. The molecule has 0 radical (unpaired) electrons. The molecule has 0 amide bonds. The van der Waals surface area contributed by atoms with Crippen LogP contribution in [0.5, 0.6) is 5.75 Å². The van der Waals surface area contributed by atoms with E-state index in [9.17, 15) is 4.39 Å². The van der Waals surface area contributed by atoms with Gasteiger partial charge in [0, 0.05) is 26.7 Å². The van der Waals surface area contributed by atoms with Crippen LogP contribution in [0.25, 0.3) is 0 Å². The second-order valence-corrected chi connectivity index (χ2v) is 4.24. The molecular weight excluding hydrogens is 207 g/mol. The maximum atomic E-state index is 13.6. The van der Waals surface area contributed by atoms with Gasteiger partial charge in [-0.15, -0.1) is 0 Å². The van der Waals surface area contributed by atoms with E-state index in [2.05, 4.69) is 5.32 Å². The molecule has 0 bridgehead atoms. The Morgan fingerprint density at radius 1 is 1.44 bits per heavy atom. The molecule has 2 rings (SSSR count). The minimum absolute atomic E-state index is 0.171. The highest BCUT2D eigenvalue weighted by Crippen LogP contribution is 2.23. The van der Waals surface area contributed by atoms with Crippen LogP contribution in [0.4, 0.5) is 10.1 Å². The first-order valence-electron chi connectivity index (χ1n) is 5.51. The van der Waals surface area contributed by atoms with Gasteiger partial charge in [0.1, 0.15) is 17.7 Å². The van der Waals surface area contributed by atoms with E-state index in [4.69, 9.17) is 4.74 Å². The zero-order valence-corrected chi connectivity index (χ0v) is 9.66. The van der Waals surface area contributed by atoms with E-state index in [1.165, 1.54) is 6.07 Å². The van der Waals surface area contributed by atoms with Crippen molar-refractivity contribution in [1.82, 2.24) is 5.32 Å². The van der Waals surface area contributed by atoms with Crippen LogP contribution in [-0.4, -0.2) is 33.3 Å². The van der Waals surface area contributed by atoms with Gasteiger partial charge < -0.3 is 15.0 Å². The summed E-state index contributed by atoms with van der Waals surface area (Å²) in [6, 6.07) is 5.01. The molecule has 16 heavy (non-hydrogen) atoms. The molecule has 1 aliphatic heterocycles. The van der Waals surface area contributed by atoms with Crippen molar-refractivity contribution in [3.8, 4) is 5.75 Å². The third-order valence-corrected chi connectivity index (χ3v) is 2.72. The topological polar surface area (TPSA) is 24.5 Å². The van der Waals surface area contributed by atoms with Gasteiger partial charge in [-0.1, -0.05) is 0 Å². The van der Waals surface area contributed by atoms with Gasteiger partial charge >= 0.3 is 0 Å². The van der Waals surface area contributed by atoms with Crippen LogP contribution in [0.3, 0.4) is 0 Å².